The zero-order valence-corrected chi connectivity index (χ0v) is 12.9. The molecule has 0 saturated carbocycles. The number of hydrogen-bond acceptors (Lipinski definition) is 4. The third kappa shape index (κ3) is 3.54. The van der Waals surface area contributed by atoms with Crippen LogP contribution in [-0.4, -0.2) is 44.0 Å². The summed E-state index contributed by atoms with van der Waals surface area (Å²) >= 11 is 4.90. The van der Waals surface area contributed by atoms with Gasteiger partial charge in [0.1, 0.15) is 4.99 Å². The van der Waals surface area contributed by atoms with Gasteiger partial charge in [-0.2, -0.15) is 4.31 Å². The minimum absolute atomic E-state index is 0.00673. The van der Waals surface area contributed by atoms with E-state index in [4.69, 9.17) is 22.7 Å². The molecule has 2 N–H and O–H groups in total. The quantitative estimate of drug-likeness (QED) is 0.817. The van der Waals surface area contributed by atoms with E-state index in [0.29, 0.717) is 24.2 Å². The molecule has 0 radical (unpaired) electrons. The molecule has 1 saturated heterocycles. The molecule has 20 heavy (non-hydrogen) atoms. The van der Waals surface area contributed by atoms with Crippen LogP contribution in [0.4, 0.5) is 0 Å². The van der Waals surface area contributed by atoms with Gasteiger partial charge in [-0.05, 0) is 18.1 Å². The molecule has 0 aromatic heterocycles. The Kier molecular flexibility index (Phi) is 4.74. The van der Waals surface area contributed by atoms with E-state index in [1.54, 1.807) is 31.4 Å². The lowest BCUT2D eigenvalue weighted by molar-refractivity contribution is 0.115. The van der Waals surface area contributed by atoms with Crippen LogP contribution in [0.1, 0.15) is 17.5 Å². The highest BCUT2D eigenvalue weighted by atomic mass is 32.2. The van der Waals surface area contributed by atoms with Crippen molar-refractivity contribution in [3.8, 4) is 0 Å². The maximum absolute atomic E-state index is 12.4. The minimum atomic E-state index is -3.33. The fourth-order valence-corrected chi connectivity index (χ4v) is 3.95. The standard InChI is InChI=1S/C13H18N2O3S2/c1-18-12-5-6-15(8-12)20(16,17)9-10-3-2-4-11(7-10)13(14)19/h2-4,7,12H,5-6,8-9H2,1H3,(H2,14,19). The topological polar surface area (TPSA) is 72.6 Å². The van der Waals surface area contributed by atoms with Gasteiger partial charge >= 0.3 is 0 Å². The molecule has 0 amide bonds. The van der Waals surface area contributed by atoms with E-state index >= 15 is 0 Å². The fourth-order valence-electron chi connectivity index (χ4n) is 2.26. The third-order valence-electron chi connectivity index (χ3n) is 3.40. The van der Waals surface area contributed by atoms with E-state index in [-0.39, 0.29) is 16.8 Å². The van der Waals surface area contributed by atoms with Crippen LogP contribution in [-0.2, 0) is 20.5 Å². The van der Waals surface area contributed by atoms with Gasteiger partial charge in [0.2, 0.25) is 10.0 Å². The van der Waals surface area contributed by atoms with E-state index in [1.807, 2.05) is 0 Å². The maximum Gasteiger partial charge on any atom is 0.218 e. The lowest BCUT2D eigenvalue weighted by Gasteiger charge is -2.16. The molecule has 1 aromatic carbocycles. The van der Waals surface area contributed by atoms with Gasteiger partial charge in [-0.1, -0.05) is 30.4 Å². The molecule has 1 fully saturated rings. The van der Waals surface area contributed by atoms with Crippen LogP contribution in [0.25, 0.3) is 0 Å². The lowest BCUT2D eigenvalue weighted by atomic mass is 10.1. The second-order valence-electron chi connectivity index (χ2n) is 4.83. The van der Waals surface area contributed by atoms with E-state index in [0.717, 1.165) is 6.42 Å². The Hall–Kier alpha value is -1.02. The minimum Gasteiger partial charge on any atom is -0.389 e. The molecule has 1 aliphatic heterocycles. The van der Waals surface area contributed by atoms with Gasteiger partial charge in [0.15, 0.2) is 0 Å². The average Bonchev–Trinajstić information content (AvgIpc) is 2.88. The molecular formula is C13H18N2O3S2. The molecule has 110 valence electrons. The van der Waals surface area contributed by atoms with Gasteiger partial charge in [0, 0.05) is 25.8 Å². The first-order valence-corrected chi connectivity index (χ1v) is 8.33. The summed E-state index contributed by atoms with van der Waals surface area (Å²) in [6.45, 7) is 0.934. The second kappa shape index (κ2) is 6.17. The van der Waals surface area contributed by atoms with Gasteiger partial charge in [0.05, 0.1) is 11.9 Å². The number of nitrogens with two attached hydrogens (primary N) is 1. The van der Waals surface area contributed by atoms with Crippen molar-refractivity contribution in [1.29, 1.82) is 0 Å². The number of thiocarbonyl (C=S) groups is 1. The molecule has 2 rings (SSSR count). The van der Waals surface area contributed by atoms with Gasteiger partial charge in [-0.3, -0.25) is 0 Å². The monoisotopic (exact) mass is 314 g/mol. The normalized spacial score (nSPS) is 20.1. The molecule has 0 bridgehead atoms. The molecule has 1 aliphatic rings. The Balaban J connectivity index is 2.12. The van der Waals surface area contributed by atoms with Crippen LogP contribution < -0.4 is 5.73 Å². The van der Waals surface area contributed by atoms with Gasteiger partial charge in [-0.25, -0.2) is 8.42 Å². The number of ether oxygens (including phenoxy) is 1. The molecule has 0 spiro atoms. The maximum atomic E-state index is 12.4. The van der Waals surface area contributed by atoms with Crippen LogP contribution in [0.15, 0.2) is 24.3 Å². The van der Waals surface area contributed by atoms with Crippen molar-refractivity contribution in [3.05, 3.63) is 35.4 Å². The van der Waals surface area contributed by atoms with Crippen molar-refractivity contribution in [2.75, 3.05) is 20.2 Å². The van der Waals surface area contributed by atoms with E-state index in [2.05, 4.69) is 0 Å². The number of methoxy groups -OCH3 is 1. The van der Waals surface area contributed by atoms with Crippen molar-refractivity contribution in [2.24, 2.45) is 5.73 Å². The average molecular weight is 314 g/mol. The zero-order valence-electron chi connectivity index (χ0n) is 11.3. The van der Waals surface area contributed by atoms with Gasteiger partial charge in [-0.15, -0.1) is 0 Å². The Morgan fingerprint density at radius 2 is 2.30 bits per heavy atom. The second-order valence-corrected chi connectivity index (χ2v) is 7.23. The summed E-state index contributed by atoms with van der Waals surface area (Å²) in [5, 5.41) is 0. The molecule has 1 atom stereocenters. The Labute approximate surface area is 124 Å². The first kappa shape index (κ1) is 15.4. The SMILES string of the molecule is COC1CCN(S(=O)(=O)Cc2cccc(C(N)=S)c2)C1. The summed E-state index contributed by atoms with van der Waals surface area (Å²) in [4.78, 5) is 0.268. The first-order chi connectivity index (χ1) is 9.42. The zero-order chi connectivity index (χ0) is 14.8. The van der Waals surface area contributed by atoms with Crippen molar-refractivity contribution in [3.63, 3.8) is 0 Å². The summed E-state index contributed by atoms with van der Waals surface area (Å²) in [5.74, 6) is -0.0418. The van der Waals surface area contributed by atoms with Gasteiger partial charge in [0.25, 0.3) is 0 Å². The van der Waals surface area contributed by atoms with E-state index in [9.17, 15) is 8.42 Å². The summed E-state index contributed by atoms with van der Waals surface area (Å²) in [6, 6.07) is 7.03. The van der Waals surface area contributed by atoms with Gasteiger partial charge < -0.3 is 10.5 Å². The summed E-state index contributed by atoms with van der Waals surface area (Å²) < 4.78 is 31.4. The van der Waals surface area contributed by atoms with Crippen molar-refractivity contribution >= 4 is 27.2 Å². The Morgan fingerprint density at radius 3 is 2.90 bits per heavy atom. The fraction of sp³-hybridized carbons (Fsp3) is 0.462. The molecule has 5 nitrogen and oxygen atoms in total. The third-order valence-corrected chi connectivity index (χ3v) is 5.45. The molecule has 0 aliphatic carbocycles. The number of sulfonamides is 1. The van der Waals surface area contributed by atoms with Crippen molar-refractivity contribution < 1.29 is 13.2 Å². The Bertz CT molecular complexity index is 601. The predicted octanol–water partition coefficient (Wildman–Crippen LogP) is 0.871. The van der Waals surface area contributed by atoms with Crippen LogP contribution in [0, 0.1) is 0 Å². The van der Waals surface area contributed by atoms with Crippen LogP contribution in [0.3, 0.4) is 0 Å². The van der Waals surface area contributed by atoms with E-state index < -0.39 is 10.0 Å². The lowest BCUT2D eigenvalue weighted by Crippen LogP contribution is -2.31. The van der Waals surface area contributed by atoms with E-state index in [1.165, 1.54) is 4.31 Å². The molecule has 1 unspecified atom stereocenters. The summed E-state index contributed by atoms with van der Waals surface area (Å²) in [6.07, 6.45) is 0.732. The van der Waals surface area contributed by atoms with Crippen LogP contribution in [0.5, 0.6) is 0 Å². The molecule has 7 heteroatoms. The molecule has 1 heterocycles. The van der Waals surface area contributed by atoms with Crippen LogP contribution in [0.2, 0.25) is 0 Å². The summed E-state index contributed by atoms with van der Waals surface area (Å²) in [7, 11) is -1.73. The highest BCUT2D eigenvalue weighted by Crippen LogP contribution is 2.19. The molecule has 1 aromatic rings. The first-order valence-electron chi connectivity index (χ1n) is 6.32. The van der Waals surface area contributed by atoms with Crippen molar-refractivity contribution in [1.82, 2.24) is 4.31 Å². The number of benzene rings is 1. The number of rotatable bonds is 5. The highest BCUT2D eigenvalue weighted by molar-refractivity contribution is 7.88. The molecular weight excluding hydrogens is 296 g/mol. The predicted molar refractivity (Wildman–Crippen MR) is 81.9 cm³/mol. The number of nitrogens with zero attached hydrogens (tertiary/aromatic N) is 1. The summed E-state index contributed by atoms with van der Waals surface area (Å²) in [5.41, 5.74) is 6.93. The largest absolute Gasteiger partial charge is 0.389 e. The van der Waals surface area contributed by atoms with Crippen LogP contribution >= 0.6 is 12.2 Å². The Morgan fingerprint density at radius 1 is 1.55 bits per heavy atom. The smallest absolute Gasteiger partial charge is 0.218 e. The highest BCUT2D eigenvalue weighted by Gasteiger charge is 2.31. The number of hydrogen-bond donors (Lipinski definition) is 1. The van der Waals surface area contributed by atoms with Crippen molar-refractivity contribution in [2.45, 2.75) is 18.3 Å².